The zero-order valence-corrected chi connectivity index (χ0v) is 17.5. The van der Waals surface area contributed by atoms with E-state index in [0.29, 0.717) is 17.7 Å². The first-order valence-electron chi connectivity index (χ1n) is 9.71. The maximum absolute atomic E-state index is 12.6. The van der Waals surface area contributed by atoms with E-state index in [1.54, 1.807) is 43.5 Å². The molecule has 1 unspecified atom stereocenters. The predicted octanol–water partition coefficient (Wildman–Crippen LogP) is 1.66. The number of rotatable bonds is 11. The molecule has 0 saturated heterocycles. The van der Waals surface area contributed by atoms with E-state index < -0.39 is 31.1 Å². The molecule has 1 aromatic heterocycles. The molecule has 0 radical (unpaired) electrons. The van der Waals surface area contributed by atoms with Crippen molar-refractivity contribution in [2.75, 3.05) is 26.9 Å². The van der Waals surface area contributed by atoms with Gasteiger partial charge in [-0.15, -0.1) is 0 Å². The first-order chi connectivity index (χ1) is 14.4. The second kappa shape index (κ2) is 11.3. The van der Waals surface area contributed by atoms with Crippen LogP contribution >= 0.6 is 0 Å². The molecule has 0 bridgehead atoms. The summed E-state index contributed by atoms with van der Waals surface area (Å²) < 4.78 is 12.1. The van der Waals surface area contributed by atoms with E-state index in [2.05, 4.69) is 5.32 Å². The molecule has 0 saturated carbocycles. The summed E-state index contributed by atoms with van der Waals surface area (Å²) in [6.45, 7) is 3.97. The van der Waals surface area contributed by atoms with E-state index in [0.717, 1.165) is 24.4 Å². The monoisotopic (exact) mass is 416 g/mol. The lowest BCUT2D eigenvalue weighted by molar-refractivity contribution is -0.145. The number of carbonyl (C=O) groups excluding carboxylic acids is 3. The Kier molecular flexibility index (Phi) is 8.76. The van der Waals surface area contributed by atoms with Crippen LogP contribution in [0.15, 0.2) is 36.4 Å². The largest absolute Gasteiger partial charge is 0.456 e. The summed E-state index contributed by atoms with van der Waals surface area (Å²) in [5.74, 6) is -1.73. The molecule has 1 atom stereocenters. The average molecular weight is 416 g/mol. The van der Waals surface area contributed by atoms with Crippen molar-refractivity contribution in [2.24, 2.45) is 0 Å². The van der Waals surface area contributed by atoms with Crippen LogP contribution in [-0.4, -0.2) is 60.3 Å². The number of hydrogen-bond acceptors (Lipinski definition) is 6. The van der Waals surface area contributed by atoms with Crippen LogP contribution in [0.3, 0.4) is 0 Å². The summed E-state index contributed by atoms with van der Waals surface area (Å²) in [5.41, 5.74) is 2.55. The van der Waals surface area contributed by atoms with Gasteiger partial charge in [0.1, 0.15) is 0 Å². The van der Waals surface area contributed by atoms with Gasteiger partial charge < -0.3 is 24.5 Å². The number of esters is 1. The Morgan fingerprint density at radius 3 is 2.50 bits per heavy atom. The van der Waals surface area contributed by atoms with E-state index in [1.807, 2.05) is 18.4 Å². The maximum Gasteiger partial charge on any atom is 0.331 e. The lowest BCUT2D eigenvalue weighted by atomic mass is 10.1. The number of aliphatic hydroxyl groups excluding tert-OH is 1. The van der Waals surface area contributed by atoms with Crippen molar-refractivity contribution in [2.45, 2.75) is 32.9 Å². The Hall–Kier alpha value is -2.97. The number of Topliss-reactive ketones (excluding diaryl/α,β-unsaturated/α-hetero) is 1. The summed E-state index contributed by atoms with van der Waals surface area (Å²) in [6.07, 6.45) is 0.814. The van der Waals surface area contributed by atoms with Gasteiger partial charge in [-0.25, -0.2) is 4.79 Å². The minimum Gasteiger partial charge on any atom is -0.456 e. The lowest BCUT2D eigenvalue weighted by Gasteiger charge is -2.15. The Balaban J connectivity index is 1.95. The molecule has 2 rings (SSSR count). The first kappa shape index (κ1) is 23.3. The molecule has 2 N–H and O–H groups in total. The Morgan fingerprint density at radius 2 is 1.87 bits per heavy atom. The predicted molar refractivity (Wildman–Crippen MR) is 110 cm³/mol. The Morgan fingerprint density at radius 1 is 1.17 bits per heavy atom. The molecule has 1 heterocycles. The molecule has 1 amide bonds. The number of nitrogens with one attached hydrogen (secondary N) is 1. The van der Waals surface area contributed by atoms with Crippen LogP contribution in [-0.2, 0) is 20.8 Å². The number of ketones is 1. The van der Waals surface area contributed by atoms with Gasteiger partial charge in [-0.2, -0.15) is 0 Å². The van der Waals surface area contributed by atoms with Gasteiger partial charge in [0.15, 0.2) is 12.6 Å². The Labute approximate surface area is 175 Å². The summed E-state index contributed by atoms with van der Waals surface area (Å²) in [6, 6.07) is 8.81. The third-order valence-electron chi connectivity index (χ3n) is 4.76. The van der Waals surface area contributed by atoms with Crippen LogP contribution in [0.2, 0.25) is 0 Å². The van der Waals surface area contributed by atoms with E-state index >= 15 is 0 Å². The molecule has 30 heavy (non-hydrogen) atoms. The van der Waals surface area contributed by atoms with E-state index in [1.165, 1.54) is 0 Å². The number of hydrogen-bond donors (Lipinski definition) is 2. The number of aromatic nitrogens is 1. The zero-order chi connectivity index (χ0) is 22.1. The molecule has 0 aliphatic carbocycles. The smallest absolute Gasteiger partial charge is 0.331 e. The zero-order valence-electron chi connectivity index (χ0n) is 17.5. The highest BCUT2D eigenvalue weighted by atomic mass is 16.5. The number of nitrogens with zero attached hydrogens (tertiary/aromatic N) is 1. The van der Waals surface area contributed by atoms with Crippen LogP contribution < -0.4 is 5.32 Å². The van der Waals surface area contributed by atoms with Gasteiger partial charge in [-0.05, 0) is 38.5 Å². The number of aliphatic hydroxyl groups is 1. The lowest BCUT2D eigenvalue weighted by Crippen LogP contribution is -2.44. The highest BCUT2D eigenvalue weighted by Crippen LogP contribution is 2.16. The normalized spacial score (nSPS) is 11.7. The molecule has 0 fully saturated rings. The highest BCUT2D eigenvalue weighted by Gasteiger charge is 2.24. The summed E-state index contributed by atoms with van der Waals surface area (Å²) >= 11 is 0. The van der Waals surface area contributed by atoms with Crippen molar-refractivity contribution >= 4 is 17.7 Å². The number of methoxy groups -OCH3 is 1. The fourth-order valence-electron chi connectivity index (χ4n) is 3.12. The van der Waals surface area contributed by atoms with Crippen LogP contribution in [0.1, 0.15) is 38.5 Å². The summed E-state index contributed by atoms with van der Waals surface area (Å²) in [7, 11) is 1.64. The van der Waals surface area contributed by atoms with Gasteiger partial charge in [-0.1, -0.05) is 18.2 Å². The molecule has 1 aromatic carbocycles. The molecule has 8 nitrogen and oxygen atoms in total. The molecular formula is C22H28N2O6. The SMILES string of the molecule is COCCCn1c(C)cc(C(=O)COC(=O)C(CO)NC(=O)c2ccccc2)c1C. The third-order valence-corrected chi connectivity index (χ3v) is 4.76. The molecule has 0 aliphatic heterocycles. The number of carbonyl (C=O) groups is 3. The van der Waals surface area contributed by atoms with Gasteiger partial charge in [0.2, 0.25) is 5.78 Å². The van der Waals surface area contributed by atoms with Crippen LogP contribution in [0.5, 0.6) is 0 Å². The number of aryl methyl sites for hydroxylation is 1. The van der Waals surface area contributed by atoms with Gasteiger partial charge in [0.25, 0.3) is 5.91 Å². The standard InChI is InChI=1S/C22H28N2O6/c1-15-12-18(16(2)24(15)10-7-11-29-3)20(26)14-30-22(28)19(13-25)23-21(27)17-8-5-4-6-9-17/h4-6,8-9,12,19,25H,7,10-11,13-14H2,1-3H3,(H,23,27). The maximum atomic E-state index is 12.6. The number of ether oxygens (including phenoxy) is 2. The van der Waals surface area contributed by atoms with Crippen molar-refractivity contribution in [3.63, 3.8) is 0 Å². The van der Waals surface area contributed by atoms with E-state index in [-0.39, 0.29) is 5.78 Å². The molecule has 162 valence electrons. The summed E-state index contributed by atoms with van der Waals surface area (Å²) in [4.78, 5) is 37.0. The molecule has 2 aromatic rings. The average Bonchev–Trinajstić information content (AvgIpc) is 3.04. The number of amides is 1. The van der Waals surface area contributed by atoms with Crippen molar-refractivity contribution < 1.29 is 29.0 Å². The molecule has 8 heteroatoms. The second-order valence-electron chi connectivity index (χ2n) is 6.89. The minimum absolute atomic E-state index is 0.347. The minimum atomic E-state index is -1.26. The van der Waals surface area contributed by atoms with Crippen molar-refractivity contribution in [1.82, 2.24) is 9.88 Å². The van der Waals surface area contributed by atoms with Gasteiger partial charge in [-0.3, -0.25) is 9.59 Å². The number of benzene rings is 1. The van der Waals surface area contributed by atoms with E-state index in [9.17, 15) is 19.5 Å². The van der Waals surface area contributed by atoms with Crippen molar-refractivity contribution in [3.05, 3.63) is 58.9 Å². The van der Waals surface area contributed by atoms with Gasteiger partial charge in [0, 0.05) is 42.8 Å². The topological polar surface area (TPSA) is 107 Å². The molecule has 0 spiro atoms. The van der Waals surface area contributed by atoms with Crippen LogP contribution in [0.25, 0.3) is 0 Å². The molecule has 0 aliphatic rings. The van der Waals surface area contributed by atoms with Crippen LogP contribution in [0, 0.1) is 13.8 Å². The van der Waals surface area contributed by atoms with Gasteiger partial charge in [0.05, 0.1) is 6.61 Å². The summed E-state index contributed by atoms with van der Waals surface area (Å²) in [5, 5.41) is 11.9. The third kappa shape index (κ3) is 6.01. The Bertz CT molecular complexity index is 875. The fourth-order valence-corrected chi connectivity index (χ4v) is 3.12. The second-order valence-corrected chi connectivity index (χ2v) is 6.89. The van der Waals surface area contributed by atoms with Gasteiger partial charge >= 0.3 is 5.97 Å². The first-order valence-corrected chi connectivity index (χ1v) is 9.71. The van der Waals surface area contributed by atoms with Crippen molar-refractivity contribution in [3.8, 4) is 0 Å². The van der Waals surface area contributed by atoms with Crippen LogP contribution in [0.4, 0.5) is 0 Å². The fraction of sp³-hybridized carbons (Fsp3) is 0.409. The van der Waals surface area contributed by atoms with E-state index in [4.69, 9.17) is 9.47 Å². The molecular weight excluding hydrogens is 388 g/mol. The van der Waals surface area contributed by atoms with Crippen molar-refractivity contribution in [1.29, 1.82) is 0 Å². The quantitative estimate of drug-likeness (QED) is 0.328. The highest BCUT2D eigenvalue weighted by molar-refractivity contribution is 6.00.